The van der Waals surface area contributed by atoms with Crippen LogP contribution in [0.15, 0.2) is 47.5 Å². The molecule has 0 atom stereocenters. The summed E-state index contributed by atoms with van der Waals surface area (Å²) in [6.07, 6.45) is 2.45. The third-order valence-electron chi connectivity index (χ3n) is 1.66. The monoisotopic (exact) mass is 251 g/mol. The predicted octanol–water partition coefficient (Wildman–Crippen LogP) is 2.57. The second-order valence-electron chi connectivity index (χ2n) is 2.93. The molecular formula is C12H13NO3S. The topological polar surface area (TPSA) is 55.4 Å². The first kappa shape index (κ1) is 13.3. The van der Waals surface area contributed by atoms with E-state index in [0.29, 0.717) is 6.61 Å². The van der Waals surface area contributed by atoms with Crippen molar-refractivity contribution in [2.75, 3.05) is 6.61 Å². The van der Waals surface area contributed by atoms with Gasteiger partial charge in [0.05, 0.1) is 6.61 Å². The predicted molar refractivity (Wildman–Crippen MR) is 66.6 cm³/mol. The molecule has 0 aliphatic rings. The normalized spacial score (nSPS) is 10.2. The number of amides is 1. The average Bonchev–Trinajstić information content (AvgIpc) is 2.30. The zero-order valence-electron chi connectivity index (χ0n) is 9.38. The Balaban J connectivity index is 2.33. The number of thioether (sulfide) groups is 1. The molecule has 0 saturated heterocycles. The minimum Gasteiger partial charge on any atom is -0.463 e. The fraction of sp³-hybridized carbons (Fsp3) is 0.167. The summed E-state index contributed by atoms with van der Waals surface area (Å²) >= 11 is 1.06. The summed E-state index contributed by atoms with van der Waals surface area (Å²) in [5.41, 5.74) is 0. The molecule has 0 saturated carbocycles. The molecule has 1 N–H and O–H groups in total. The van der Waals surface area contributed by atoms with Crippen molar-refractivity contribution >= 4 is 23.0 Å². The van der Waals surface area contributed by atoms with Gasteiger partial charge in [-0.2, -0.15) is 0 Å². The van der Waals surface area contributed by atoms with Crippen LogP contribution in [0.4, 0.5) is 4.79 Å². The molecule has 0 aliphatic carbocycles. The van der Waals surface area contributed by atoms with Crippen LogP contribution in [0.25, 0.3) is 0 Å². The van der Waals surface area contributed by atoms with Crippen LogP contribution in [0.1, 0.15) is 6.92 Å². The molecule has 0 unspecified atom stereocenters. The van der Waals surface area contributed by atoms with Crippen molar-refractivity contribution in [3.8, 4) is 0 Å². The van der Waals surface area contributed by atoms with Crippen LogP contribution in [0, 0.1) is 0 Å². The van der Waals surface area contributed by atoms with E-state index in [-0.39, 0.29) is 5.24 Å². The Labute approximate surface area is 104 Å². The van der Waals surface area contributed by atoms with E-state index in [9.17, 15) is 9.59 Å². The van der Waals surface area contributed by atoms with Gasteiger partial charge in [-0.15, -0.1) is 0 Å². The maximum absolute atomic E-state index is 11.4. The highest BCUT2D eigenvalue weighted by Crippen LogP contribution is 2.17. The van der Waals surface area contributed by atoms with Gasteiger partial charge < -0.3 is 10.1 Å². The molecule has 1 rings (SSSR count). The molecule has 0 radical (unpaired) electrons. The molecular weight excluding hydrogens is 238 g/mol. The molecule has 4 nitrogen and oxygen atoms in total. The maximum atomic E-state index is 11.4. The first-order valence-corrected chi connectivity index (χ1v) is 5.90. The number of carbonyl (C=O) groups is 2. The van der Waals surface area contributed by atoms with Gasteiger partial charge >= 0.3 is 5.97 Å². The van der Waals surface area contributed by atoms with Crippen molar-refractivity contribution in [2.24, 2.45) is 0 Å². The first-order chi connectivity index (χ1) is 8.22. The van der Waals surface area contributed by atoms with Gasteiger partial charge in [-0.1, -0.05) is 18.2 Å². The quantitative estimate of drug-likeness (QED) is 0.507. The molecule has 17 heavy (non-hydrogen) atoms. The largest absolute Gasteiger partial charge is 0.463 e. The van der Waals surface area contributed by atoms with E-state index in [1.807, 2.05) is 30.3 Å². The molecule has 0 aromatic heterocycles. The van der Waals surface area contributed by atoms with E-state index in [2.05, 4.69) is 10.1 Å². The Bertz CT molecular complexity index is 403. The van der Waals surface area contributed by atoms with E-state index in [4.69, 9.17) is 0 Å². The zero-order chi connectivity index (χ0) is 12.5. The molecule has 1 amide bonds. The highest BCUT2D eigenvalue weighted by molar-refractivity contribution is 8.13. The summed E-state index contributed by atoms with van der Waals surface area (Å²) in [5, 5.41) is 2.21. The van der Waals surface area contributed by atoms with Gasteiger partial charge in [0, 0.05) is 17.2 Å². The summed E-state index contributed by atoms with van der Waals surface area (Å²) in [7, 11) is 0. The fourth-order valence-electron chi connectivity index (χ4n) is 0.993. The Morgan fingerprint density at radius 1 is 1.35 bits per heavy atom. The van der Waals surface area contributed by atoms with Gasteiger partial charge in [0.2, 0.25) is 0 Å². The van der Waals surface area contributed by atoms with Crippen molar-refractivity contribution in [1.29, 1.82) is 0 Å². The molecule has 0 bridgehead atoms. The van der Waals surface area contributed by atoms with Crippen LogP contribution in [0.2, 0.25) is 0 Å². The number of hydrogen-bond donors (Lipinski definition) is 1. The highest BCUT2D eigenvalue weighted by atomic mass is 32.2. The lowest BCUT2D eigenvalue weighted by Crippen LogP contribution is -2.11. The van der Waals surface area contributed by atoms with Crippen LogP contribution in [0.5, 0.6) is 0 Å². The summed E-state index contributed by atoms with van der Waals surface area (Å²) in [5.74, 6) is -0.475. The van der Waals surface area contributed by atoms with Gasteiger partial charge in [-0.25, -0.2) is 4.79 Å². The molecule has 5 heteroatoms. The molecule has 0 spiro atoms. The number of benzene rings is 1. The fourth-order valence-corrected chi connectivity index (χ4v) is 1.63. The van der Waals surface area contributed by atoms with Crippen LogP contribution in [-0.2, 0) is 9.53 Å². The van der Waals surface area contributed by atoms with Gasteiger partial charge in [0.15, 0.2) is 0 Å². The Morgan fingerprint density at radius 3 is 2.71 bits per heavy atom. The van der Waals surface area contributed by atoms with Gasteiger partial charge in [0.1, 0.15) is 0 Å². The lowest BCUT2D eigenvalue weighted by atomic mass is 10.4. The third-order valence-corrected chi connectivity index (χ3v) is 2.47. The van der Waals surface area contributed by atoms with E-state index in [1.165, 1.54) is 12.3 Å². The standard InChI is InChI=1S/C12H13NO3S/c1-2-16-11(14)8-9-13-12(15)17-10-6-4-3-5-7-10/h3-9H,2H2,1H3,(H,13,15)/b9-8+. The zero-order valence-corrected chi connectivity index (χ0v) is 10.2. The minimum absolute atomic E-state index is 0.253. The summed E-state index contributed by atoms with van der Waals surface area (Å²) < 4.78 is 4.66. The van der Waals surface area contributed by atoms with Crippen molar-refractivity contribution in [3.05, 3.63) is 42.6 Å². The molecule has 90 valence electrons. The van der Waals surface area contributed by atoms with E-state index in [0.717, 1.165) is 16.7 Å². The number of ether oxygens (including phenoxy) is 1. The lowest BCUT2D eigenvalue weighted by molar-refractivity contribution is -0.137. The second-order valence-corrected chi connectivity index (χ2v) is 3.98. The summed E-state index contributed by atoms with van der Waals surface area (Å²) in [6, 6.07) is 9.25. The SMILES string of the molecule is CCOC(=O)/C=C/NC(=O)Sc1ccccc1. The second kappa shape index (κ2) is 7.51. The van der Waals surface area contributed by atoms with E-state index < -0.39 is 5.97 Å². The summed E-state index contributed by atoms with van der Waals surface area (Å²) in [4.78, 5) is 23.2. The van der Waals surface area contributed by atoms with Crippen LogP contribution in [-0.4, -0.2) is 17.8 Å². The Morgan fingerprint density at radius 2 is 2.06 bits per heavy atom. The number of nitrogens with one attached hydrogen (secondary N) is 1. The first-order valence-electron chi connectivity index (χ1n) is 5.09. The number of carbonyl (C=O) groups excluding carboxylic acids is 2. The van der Waals surface area contributed by atoms with Crippen molar-refractivity contribution < 1.29 is 14.3 Å². The molecule has 0 aliphatic heterocycles. The van der Waals surface area contributed by atoms with Crippen LogP contribution in [0.3, 0.4) is 0 Å². The molecule has 0 heterocycles. The smallest absolute Gasteiger partial charge is 0.332 e. The van der Waals surface area contributed by atoms with Crippen molar-refractivity contribution in [3.63, 3.8) is 0 Å². The number of rotatable bonds is 4. The van der Waals surface area contributed by atoms with Crippen LogP contribution >= 0.6 is 11.8 Å². The van der Waals surface area contributed by atoms with Gasteiger partial charge in [0.25, 0.3) is 5.24 Å². The minimum atomic E-state index is -0.475. The van der Waals surface area contributed by atoms with Crippen molar-refractivity contribution in [2.45, 2.75) is 11.8 Å². The van der Waals surface area contributed by atoms with Crippen molar-refractivity contribution in [1.82, 2.24) is 5.32 Å². The van der Waals surface area contributed by atoms with Crippen LogP contribution < -0.4 is 5.32 Å². The van der Waals surface area contributed by atoms with Gasteiger partial charge in [-0.05, 0) is 30.8 Å². The number of hydrogen-bond acceptors (Lipinski definition) is 4. The third kappa shape index (κ3) is 5.77. The molecule has 1 aromatic rings. The van der Waals surface area contributed by atoms with E-state index >= 15 is 0 Å². The summed E-state index contributed by atoms with van der Waals surface area (Å²) in [6.45, 7) is 2.03. The Kier molecular flexibility index (Phi) is 5.88. The van der Waals surface area contributed by atoms with Gasteiger partial charge in [-0.3, -0.25) is 4.79 Å². The maximum Gasteiger partial charge on any atom is 0.332 e. The average molecular weight is 251 g/mol. The lowest BCUT2D eigenvalue weighted by Gasteiger charge is -1.99. The Hall–Kier alpha value is -1.75. The van der Waals surface area contributed by atoms with E-state index in [1.54, 1.807) is 6.92 Å². The molecule has 1 aromatic carbocycles. The number of esters is 1. The highest BCUT2D eigenvalue weighted by Gasteiger charge is 2.01. The molecule has 0 fully saturated rings.